The molecule has 0 rings (SSSR count). The van der Waals surface area contributed by atoms with Gasteiger partial charge in [-0.2, -0.15) is 0 Å². The summed E-state index contributed by atoms with van der Waals surface area (Å²) in [5.74, 6) is 1.36. The molecule has 0 aliphatic rings. The summed E-state index contributed by atoms with van der Waals surface area (Å²) in [6.45, 7) is 16.7. The van der Waals surface area contributed by atoms with Gasteiger partial charge in [0.05, 0.1) is 11.5 Å². The molecule has 0 aromatic heterocycles. The Morgan fingerprint density at radius 2 is 1.62 bits per heavy atom. The van der Waals surface area contributed by atoms with E-state index in [0.29, 0.717) is 11.5 Å². The van der Waals surface area contributed by atoms with Crippen molar-refractivity contribution in [3.8, 4) is 0 Å². The van der Waals surface area contributed by atoms with Crippen molar-refractivity contribution in [2.24, 2.45) is 0 Å². The Balaban J connectivity index is 4.40. The molecule has 0 radical (unpaired) electrons. The summed E-state index contributed by atoms with van der Waals surface area (Å²) < 4.78 is 11.2. The molecular formula is C10H18O2Si. The van der Waals surface area contributed by atoms with Crippen molar-refractivity contribution in [2.75, 3.05) is 0 Å². The van der Waals surface area contributed by atoms with Crippen LogP contribution in [-0.2, 0) is 8.85 Å². The molecule has 2 nitrogen and oxygen atoms in total. The minimum absolute atomic E-state index is 0.678. The second-order valence-electron chi connectivity index (χ2n) is 3.23. The zero-order chi connectivity index (χ0) is 10.5. The molecule has 13 heavy (non-hydrogen) atoms. The first-order valence-electron chi connectivity index (χ1n) is 4.19. The van der Waals surface area contributed by atoms with Crippen LogP contribution in [-0.4, -0.2) is 8.56 Å². The lowest BCUT2D eigenvalue weighted by atomic mass is 10.7. The van der Waals surface area contributed by atoms with Gasteiger partial charge in [-0.3, -0.25) is 0 Å². The molecule has 0 aromatic rings. The average Bonchev–Trinajstić information content (AvgIpc) is 1.81. The van der Waals surface area contributed by atoms with Crippen LogP contribution in [0.1, 0.15) is 13.8 Å². The summed E-state index contributed by atoms with van der Waals surface area (Å²) in [5.41, 5.74) is 0. The second kappa shape index (κ2) is 4.92. The van der Waals surface area contributed by atoms with E-state index in [0.717, 1.165) is 6.04 Å². The van der Waals surface area contributed by atoms with Gasteiger partial charge in [-0.25, -0.2) is 0 Å². The normalized spacial score (nSPS) is 10.4. The highest BCUT2D eigenvalue weighted by Gasteiger charge is 2.33. The van der Waals surface area contributed by atoms with Crippen LogP contribution in [0.5, 0.6) is 0 Å². The van der Waals surface area contributed by atoms with Crippen LogP contribution < -0.4 is 0 Å². The SMILES string of the molecule is C=CC[Si](C)(OC(=C)C)OC(=C)C. The Morgan fingerprint density at radius 1 is 1.23 bits per heavy atom. The van der Waals surface area contributed by atoms with E-state index >= 15 is 0 Å². The van der Waals surface area contributed by atoms with Crippen LogP contribution in [0.2, 0.25) is 12.6 Å². The third-order valence-corrected chi connectivity index (χ3v) is 3.89. The van der Waals surface area contributed by atoms with Gasteiger partial charge >= 0.3 is 8.56 Å². The van der Waals surface area contributed by atoms with Crippen molar-refractivity contribution in [2.45, 2.75) is 26.4 Å². The van der Waals surface area contributed by atoms with Crippen LogP contribution in [0, 0.1) is 0 Å². The summed E-state index contributed by atoms with van der Waals surface area (Å²) in [6, 6.07) is 0.729. The quantitative estimate of drug-likeness (QED) is 0.370. The fraction of sp³-hybridized carbons (Fsp3) is 0.400. The third-order valence-electron chi connectivity index (χ3n) is 1.30. The summed E-state index contributed by atoms with van der Waals surface area (Å²) in [5, 5.41) is 0. The maximum Gasteiger partial charge on any atom is 0.460 e. The van der Waals surface area contributed by atoms with Gasteiger partial charge in [-0.05, 0) is 13.8 Å². The molecule has 74 valence electrons. The highest BCUT2D eigenvalue weighted by atomic mass is 28.4. The minimum atomic E-state index is -2.19. The van der Waals surface area contributed by atoms with E-state index < -0.39 is 8.56 Å². The summed E-state index contributed by atoms with van der Waals surface area (Å²) in [7, 11) is -2.19. The molecule has 3 heteroatoms. The van der Waals surface area contributed by atoms with Crippen molar-refractivity contribution in [3.05, 3.63) is 37.3 Å². The molecule has 0 heterocycles. The molecule has 0 fully saturated rings. The van der Waals surface area contributed by atoms with Gasteiger partial charge in [0.2, 0.25) is 0 Å². The van der Waals surface area contributed by atoms with Gasteiger partial charge in [-0.1, -0.05) is 19.2 Å². The van der Waals surface area contributed by atoms with E-state index in [1.807, 2.05) is 20.4 Å². The van der Waals surface area contributed by atoms with Gasteiger partial charge in [0, 0.05) is 12.6 Å². The Hall–Kier alpha value is -0.963. The van der Waals surface area contributed by atoms with Gasteiger partial charge in [0.1, 0.15) is 0 Å². The zero-order valence-electron chi connectivity index (χ0n) is 8.72. The summed E-state index contributed by atoms with van der Waals surface area (Å²) in [4.78, 5) is 0. The predicted molar refractivity (Wildman–Crippen MR) is 58.4 cm³/mol. The third kappa shape index (κ3) is 5.30. The van der Waals surface area contributed by atoms with Gasteiger partial charge < -0.3 is 8.85 Å². The van der Waals surface area contributed by atoms with E-state index in [4.69, 9.17) is 8.85 Å². The van der Waals surface area contributed by atoms with E-state index in [1.54, 1.807) is 6.08 Å². The summed E-state index contributed by atoms with van der Waals surface area (Å²) in [6.07, 6.45) is 1.80. The maximum absolute atomic E-state index is 5.58. The standard InChI is InChI=1S/C10H18O2Si/c1-7-8-13(6,11-9(2)3)12-10(4)5/h7H,1-2,4,8H2,3,5-6H3. The molecule has 0 bridgehead atoms. The molecule has 0 aromatic carbocycles. The van der Waals surface area contributed by atoms with E-state index in [9.17, 15) is 0 Å². The largest absolute Gasteiger partial charge is 0.517 e. The number of allylic oxidation sites excluding steroid dienone is 3. The maximum atomic E-state index is 5.58. The minimum Gasteiger partial charge on any atom is -0.517 e. The van der Waals surface area contributed by atoms with Crippen molar-refractivity contribution in [1.82, 2.24) is 0 Å². The topological polar surface area (TPSA) is 18.5 Å². The smallest absolute Gasteiger partial charge is 0.460 e. The van der Waals surface area contributed by atoms with Gasteiger partial charge in [0.25, 0.3) is 0 Å². The molecule has 0 saturated carbocycles. The van der Waals surface area contributed by atoms with E-state index in [-0.39, 0.29) is 0 Å². The van der Waals surface area contributed by atoms with E-state index in [2.05, 4.69) is 19.7 Å². The van der Waals surface area contributed by atoms with Gasteiger partial charge in [0.15, 0.2) is 0 Å². The number of rotatable bonds is 6. The highest BCUT2D eigenvalue weighted by Crippen LogP contribution is 2.19. The summed E-state index contributed by atoms with van der Waals surface area (Å²) >= 11 is 0. The van der Waals surface area contributed by atoms with E-state index in [1.165, 1.54) is 0 Å². The number of hydrogen-bond donors (Lipinski definition) is 0. The first-order valence-corrected chi connectivity index (χ1v) is 6.72. The number of hydrogen-bond acceptors (Lipinski definition) is 2. The lowest BCUT2D eigenvalue weighted by Crippen LogP contribution is -2.36. The molecule has 0 atom stereocenters. The molecule has 0 saturated heterocycles. The fourth-order valence-corrected chi connectivity index (χ4v) is 3.31. The Morgan fingerprint density at radius 3 is 1.85 bits per heavy atom. The van der Waals surface area contributed by atoms with Gasteiger partial charge in [-0.15, -0.1) is 6.58 Å². The van der Waals surface area contributed by atoms with Crippen LogP contribution in [0.25, 0.3) is 0 Å². The predicted octanol–water partition coefficient (Wildman–Crippen LogP) is 3.34. The lowest BCUT2D eigenvalue weighted by Gasteiger charge is -2.27. The van der Waals surface area contributed by atoms with Crippen LogP contribution in [0.15, 0.2) is 37.3 Å². The van der Waals surface area contributed by atoms with Crippen LogP contribution in [0.4, 0.5) is 0 Å². The Kier molecular flexibility index (Phi) is 4.55. The molecule has 0 aliphatic carbocycles. The average molecular weight is 198 g/mol. The lowest BCUT2D eigenvalue weighted by molar-refractivity contribution is 0.272. The first-order chi connectivity index (χ1) is 5.89. The van der Waals surface area contributed by atoms with Crippen LogP contribution in [0.3, 0.4) is 0 Å². The first kappa shape index (κ1) is 12.0. The molecule has 0 amide bonds. The Labute approximate surface area is 81.8 Å². The second-order valence-corrected chi connectivity index (χ2v) is 6.32. The zero-order valence-corrected chi connectivity index (χ0v) is 9.72. The monoisotopic (exact) mass is 198 g/mol. The molecule has 0 aliphatic heterocycles. The molecular weight excluding hydrogens is 180 g/mol. The highest BCUT2D eigenvalue weighted by molar-refractivity contribution is 6.67. The van der Waals surface area contributed by atoms with Crippen molar-refractivity contribution in [3.63, 3.8) is 0 Å². The van der Waals surface area contributed by atoms with Crippen LogP contribution >= 0.6 is 0 Å². The molecule has 0 N–H and O–H groups in total. The van der Waals surface area contributed by atoms with Crippen molar-refractivity contribution < 1.29 is 8.85 Å². The van der Waals surface area contributed by atoms with Crippen molar-refractivity contribution >= 4 is 8.56 Å². The Bertz CT molecular complexity index is 205. The molecule has 0 spiro atoms. The van der Waals surface area contributed by atoms with Crippen molar-refractivity contribution in [1.29, 1.82) is 0 Å². The fourth-order valence-electron chi connectivity index (χ4n) is 1.10. The molecule has 0 unspecified atom stereocenters.